The van der Waals surface area contributed by atoms with Gasteiger partial charge in [-0.2, -0.15) is 0 Å². The summed E-state index contributed by atoms with van der Waals surface area (Å²) in [6.45, 7) is 0. The second-order valence-corrected chi connectivity index (χ2v) is 2.24. The first-order valence-corrected chi connectivity index (χ1v) is 3.20. The van der Waals surface area contributed by atoms with E-state index < -0.39 is 0 Å². The fourth-order valence-corrected chi connectivity index (χ4v) is 1.06. The summed E-state index contributed by atoms with van der Waals surface area (Å²) < 4.78 is 4.91. The Bertz CT molecular complexity index is 392. The average Bonchev–Trinajstić information content (AvgIpc) is 2.50. The molecule has 0 saturated heterocycles. The summed E-state index contributed by atoms with van der Waals surface area (Å²) in [6, 6.07) is 5.30. The number of nitroso groups, excluding NO2 is 1. The zero-order chi connectivity index (χ0) is 7.68. The van der Waals surface area contributed by atoms with Crippen LogP contribution in [0.5, 0.6) is 0 Å². The van der Waals surface area contributed by atoms with Gasteiger partial charge in [-0.15, -0.1) is 4.91 Å². The van der Waals surface area contributed by atoms with Gasteiger partial charge in [0.05, 0.1) is 6.26 Å². The van der Waals surface area contributed by atoms with E-state index in [4.69, 9.17) is 4.42 Å². The van der Waals surface area contributed by atoms with Gasteiger partial charge in [-0.1, -0.05) is 12.1 Å². The fourth-order valence-electron chi connectivity index (χ4n) is 1.06. The zero-order valence-electron chi connectivity index (χ0n) is 5.65. The Labute approximate surface area is 62.6 Å². The molecule has 1 aromatic heterocycles. The van der Waals surface area contributed by atoms with Crippen LogP contribution in [0.2, 0.25) is 0 Å². The Balaban J connectivity index is 2.88. The molecule has 54 valence electrons. The van der Waals surface area contributed by atoms with Crippen LogP contribution in [0.25, 0.3) is 10.8 Å². The van der Waals surface area contributed by atoms with E-state index in [1.165, 1.54) is 6.26 Å². The van der Waals surface area contributed by atoms with Gasteiger partial charge in [0.25, 0.3) is 0 Å². The molecule has 0 saturated carbocycles. The number of hydrogen-bond donors (Lipinski definition) is 0. The van der Waals surface area contributed by atoms with Gasteiger partial charge in [0.2, 0.25) is 0 Å². The predicted octanol–water partition coefficient (Wildman–Crippen LogP) is 2.83. The molecule has 3 nitrogen and oxygen atoms in total. The highest BCUT2D eigenvalue weighted by molar-refractivity contribution is 5.91. The molecule has 11 heavy (non-hydrogen) atoms. The van der Waals surface area contributed by atoms with Gasteiger partial charge in [0, 0.05) is 10.8 Å². The minimum atomic E-state index is 0.427. The summed E-state index contributed by atoms with van der Waals surface area (Å²) in [5.74, 6) is 0. The number of hydrogen-bond acceptors (Lipinski definition) is 3. The van der Waals surface area contributed by atoms with Crippen LogP contribution in [0.3, 0.4) is 0 Å². The average molecular weight is 147 g/mol. The topological polar surface area (TPSA) is 42.6 Å². The summed E-state index contributed by atoms with van der Waals surface area (Å²) in [5, 5.41) is 4.53. The van der Waals surface area contributed by atoms with Crippen LogP contribution in [0.4, 0.5) is 5.69 Å². The van der Waals surface area contributed by atoms with E-state index in [-0.39, 0.29) is 0 Å². The van der Waals surface area contributed by atoms with Gasteiger partial charge in [-0.25, -0.2) is 0 Å². The van der Waals surface area contributed by atoms with Gasteiger partial charge in [0.1, 0.15) is 12.0 Å². The molecular weight excluding hydrogens is 142 g/mol. The number of benzene rings is 1. The molecule has 0 unspecified atom stereocenters. The molecule has 1 aromatic carbocycles. The van der Waals surface area contributed by atoms with Crippen molar-refractivity contribution in [1.29, 1.82) is 0 Å². The Morgan fingerprint density at radius 2 is 2.18 bits per heavy atom. The third-order valence-corrected chi connectivity index (χ3v) is 1.60. The Kier molecular flexibility index (Phi) is 1.22. The monoisotopic (exact) mass is 147 g/mol. The highest BCUT2D eigenvalue weighted by Gasteiger charge is 2.00. The largest absolute Gasteiger partial charge is 0.471 e. The molecule has 3 heteroatoms. The number of fused-ring (bicyclic) bond motifs is 1. The summed E-state index contributed by atoms with van der Waals surface area (Å²) >= 11 is 0. The van der Waals surface area contributed by atoms with Crippen molar-refractivity contribution in [2.45, 2.75) is 0 Å². The minimum absolute atomic E-state index is 0.427. The smallest absolute Gasteiger partial charge is 0.119 e. The van der Waals surface area contributed by atoms with Crippen molar-refractivity contribution in [3.63, 3.8) is 0 Å². The van der Waals surface area contributed by atoms with Gasteiger partial charge < -0.3 is 4.42 Å². The molecule has 0 aliphatic heterocycles. The molecule has 0 aliphatic carbocycles. The van der Waals surface area contributed by atoms with Crippen molar-refractivity contribution >= 4 is 16.5 Å². The molecule has 2 aromatic rings. The van der Waals surface area contributed by atoms with E-state index in [0.717, 1.165) is 10.8 Å². The van der Waals surface area contributed by atoms with Crippen LogP contribution in [0.1, 0.15) is 0 Å². The molecule has 0 fully saturated rings. The van der Waals surface area contributed by atoms with Gasteiger partial charge in [-0.05, 0) is 11.2 Å². The zero-order valence-corrected chi connectivity index (χ0v) is 5.65. The van der Waals surface area contributed by atoms with Crippen LogP contribution in [-0.4, -0.2) is 0 Å². The molecule has 2 rings (SSSR count). The third-order valence-electron chi connectivity index (χ3n) is 1.60. The molecule has 0 bridgehead atoms. The van der Waals surface area contributed by atoms with Gasteiger partial charge >= 0.3 is 0 Å². The van der Waals surface area contributed by atoms with Crippen molar-refractivity contribution in [3.8, 4) is 0 Å². The highest BCUT2D eigenvalue weighted by atomic mass is 16.3. The Hall–Kier alpha value is -1.64. The summed E-state index contributed by atoms with van der Waals surface area (Å²) in [4.78, 5) is 10.2. The molecule has 1 heterocycles. The lowest BCUT2D eigenvalue weighted by atomic mass is 10.2. The predicted molar refractivity (Wildman–Crippen MR) is 41.7 cm³/mol. The second kappa shape index (κ2) is 2.20. The summed E-state index contributed by atoms with van der Waals surface area (Å²) in [5.41, 5.74) is 0.427. The Morgan fingerprint density at radius 3 is 3.00 bits per heavy atom. The quantitative estimate of drug-likeness (QED) is 0.582. The van der Waals surface area contributed by atoms with E-state index >= 15 is 0 Å². The lowest BCUT2D eigenvalue weighted by molar-refractivity contribution is 0.572. The van der Waals surface area contributed by atoms with E-state index in [1.54, 1.807) is 18.4 Å². The lowest BCUT2D eigenvalue weighted by Crippen LogP contribution is -1.63. The van der Waals surface area contributed by atoms with Crippen LogP contribution in [0, 0.1) is 4.91 Å². The third kappa shape index (κ3) is 0.816. The van der Waals surface area contributed by atoms with Crippen LogP contribution in [0.15, 0.2) is 40.3 Å². The first kappa shape index (κ1) is 6.09. The van der Waals surface area contributed by atoms with Crippen molar-refractivity contribution in [2.24, 2.45) is 5.18 Å². The van der Waals surface area contributed by atoms with E-state index in [1.807, 2.05) is 6.07 Å². The minimum Gasteiger partial charge on any atom is -0.471 e. The second-order valence-electron chi connectivity index (χ2n) is 2.24. The molecule has 0 N–H and O–H groups in total. The molecule has 0 atom stereocenters. The van der Waals surface area contributed by atoms with Crippen molar-refractivity contribution in [1.82, 2.24) is 0 Å². The van der Waals surface area contributed by atoms with Crippen LogP contribution < -0.4 is 0 Å². The molecule has 0 aliphatic rings. The van der Waals surface area contributed by atoms with Gasteiger partial charge in [-0.3, -0.25) is 0 Å². The summed E-state index contributed by atoms with van der Waals surface area (Å²) in [7, 11) is 0. The maximum Gasteiger partial charge on any atom is 0.119 e. The van der Waals surface area contributed by atoms with Gasteiger partial charge in [0.15, 0.2) is 0 Å². The lowest BCUT2D eigenvalue weighted by Gasteiger charge is -1.87. The first-order chi connectivity index (χ1) is 5.42. The van der Waals surface area contributed by atoms with Crippen LogP contribution in [-0.2, 0) is 0 Å². The summed E-state index contributed by atoms with van der Waals surface area (Å²) in [6.07, 6.45) is 3.11. The maximum absolute atomic E-state index is 10.2. The van der Waals surface area contributed by atoms with E-state index in [0.29, 0.717) is 5.69 Å². The first-order valence-electron chi connectivity index (χ1n) is 3.20. The number of rotatable bonds is 1. The van der Waals surface area contributed by atoms with Crippen molar-refractivity contribution in [2.75, 3.05) is 0 Å². The fraction of sp³-hybridized carbons (Fsp3) is 0. The van der Waals surface area contributed by atoms with Crippen LogP contribution >= 0.6 is 0 Å². The maximum atomic E-state index is 10.2. The standard InChI is InChI=1S/C8H5NO2/c10-9-8-3-1-2-6-4-11-5-7(6)8/h1-5H. The highest BCUT2D eigenvalue weighted by Crippen LogP contribution is 2.25. The van der Waals surface area contributed by atoms with Crippen molar-refractivity contribution < 1.29 is 4.42 Å². The Morgan fingerprint density at radius 1 is 1.27 bits per heavy atom. The SMILES string of the molecule is O=Nc1cccc2cocc12. The molecular formula is C8H5NO2. The molecule has 0 radical (unpaired) electrons. The normalized spacial score (nSPS) is 10.2. The molecule has 0 spiro atoms. The molecule has 0 amide bonds. The van der Waals surface area contributed by atoms with E-state index in [2.05, 4.69) is 5.18 Å². The van der Waals surface area contributed by atoms with E-state index in [9.17, 15) is 4.91 Å². The number of nitrogens with zero attached hydrogens (tertiary/aromatic N) is 1. The van der Waals surface area contributed by atoms with Crippen molar-refractivity contribution in [3.05, 3.63) is 35.6 Å². The number of furan rings is 1.